The summed E-state index contributed by atoms with van der Waals surface area (Å²) in [6.07, 6.45) is 5.22. The molecule has 0 N–H and O–H groups in total. The maximum atomic E-state index is 3.86. The van der Waals surface area contributed by atoms with Gasteiger partial charge in [-0.3, -0.25) is 0 Å². The molecular formula is C9H15. The van der Waals surface area contributed by atoms with Crippen LogP contribution in [0.2, 0.25) is 0 Å². The molecular weight excluding hydrogens is 108 g/mol. The van der Waals surface area contributed by atoms with E-state index in [0.717, 1.165) is 19.3 Å². The second kappa shape index (κ2) is 7.48. The number of hydrogen-bond donors (Lipinski definition) is 0. The molecule has 0 aliphatic carbocycles. The van der Waals surface area contributed by atoms with Crippen molar-refractivity contribution in [3.05, 3.63) is 32.2 Å². The third kappa shape index (κ3) is 7.48. The molecule has 0 aliphatic heterocycles. The minimum Gasteiger partial charge on any atom is -0.103 e. The lowest BCUT2D eigenvalue weighted by molar-refractivity contribution is 0.916. The Morgan fingerprint density at radius 3 is 2.44 bits per heavy atom. The van der Waals surface area contributed by atoms with Gasteiger partial charge in [0.2, 0.25) is 0 Å². The van der Waals surface area contributed by atoms with Crippen molar-refractivity contribution in [2.45, 2.75) is 26.2 Å². The summed E-state index contributed by atoms with van der Waals surface area (Å²) in [5.74, 6) is 0. The van der Waals surface area contributed by atoms with E-state index in [-0.39, 0.29) is 7.43 Å². The first-order chi connectivity index (χ1) is 3.81. The van der Waals surface area contributed by atoms with Crippen LogP contribution in [0, 0.1) is 7.43 Å². The maximum absolute atomic E-state index is 3.86. The van der Waals surface area contributed by atoms with E-state index in [4.69, 9.17) is 0 Å². The van der Waals surface area contributed by atoms with Crippen molar-refractivity contribution >= 4 is 0 Å². The molecule has 9 heavy (non-hydrogen) atoms. The van der Waals surface area contributed by atoms with Gasteiger partial charge in [0, 0.05) is 0 Å². The van der Waals surface area contributed by atoms with Crippen LogP contribution in [-0.2, 0) is 0 Å². The first-order valence-electron chi connectivity index (χ1n) is 3.08. The quantitative estimate of drug-likeness (QED) is 0.504. The molecule has 0 bridgehead atoms. The molecule has 0 heterocycles. The zero-order valence-electron chi connectivity index (χ0n) is 6.19. The lowest BCUT2D eigenvalue weighted by atomic mass is 10.1. The highest BCUT2D eigenvalue weighted by Crippen LogP contribution is 2.05. The third-order valence-corrected chi connectivity index (χ3v) is 1.20. The SMILES string of the molecule is C=CCCC(=C)CC.[CH]. The Morgan fingerprint density at radius 2 is 2.11 bits per heavy atom. The highest BCUT2D eigenvalue weighted by Gasteiger charge is 1.84. The highest BCUT2D eigenvalue weighted by molar-refractivity contribution is 4.93. The maximum Gasteiger partial charge on any atom is -0.0288 e. The fourth-order valence-electron chi connectivity index (χ4n) is 0.483. The first-order valence-corrected chi connectivity index (χ1v) is 3.08. The molecule has 0 unspecified atom stereocenters. The fourth-order valence-corrected chi connectivity index (χ4v) is 0.483. The summed E-state index contributed by atoms with van der Waals surface area (Å²) in [5, 5.41) is 0. The Kier molecular flexibility index (Phi) is 9.39. The monoisotopic (exact) mass is 123 g/mol. The molecule has 0 amide bonds. The van der Waals surface area contributed by atoms with Gasteiger partial charge in [-0.1, -0.05) is 25.2 Å². The van der Waals surface area contributed by atoms with Gasteiger partial charge in [0.25, 0.3) is 0 Å². The van der Waals surface area contributed by atoms with Crippen molar-refractivity contribution in [1.82, 2.24) is 0 Å². The van der Waals surface area contributed by atoms with Crippen LogP contribution in [0.3, 0.4) is 0 Å². The smallest absolute Gasteiger partial charge is 0.0288 e. The van der Waals surface area contributed by atoms with Crippen LogP contribution in [0.5, 0.6) is 0 Å². The van der Waals surface area contributed by atoms with E-state index in [1.807, 2.05) is 6.08 Å². The Bertz CT molecular complexity index is 80.0. The van der Waals surface area contributed by atoms with Crippen molar-refractivity contribution in [2.75, 3.05) is 0 Å². The normalized spacial score (nSPS) is 7.67. The summed E-state index contributed by atoms with van der Waals surface area (Å²) in [6.45, 7) is 9.62. The zero-order valence-corrected chi connectivity index (χ0v) is 6.19. The number of hydrogen-bond acceptors (Lipinski definition) is 0. The molecule has 0 saturated heterocycles. The third-order valence-electron chi connectivity index (χ3n) is 1.20. The fraction of sp³-hybridized carbons (Fsp3) is 0.444. The van der Waals surface area contributed by atoms with Crippen LogP contribution in [-0.4, -0.2) is 0 Å². The first kappa shape index (κ1) is 11.3. The van der Waals surface area contributed by atoms with E-state index in [1.165, 1.54) is 5.57 Å². The van der Waals surface area contributed by atoms with Gasteiger partial charge < -0.3 is 0 Å². The van der Waals surface area contributed by atoms with Crippen LogP contribution < -0.4 is 0 Å². The molecule has 0 aromatic rings. The Labute approximate surface area is 59.3 Å². The van der Waals surface area contributed by atoms with E-state index < -0.39 is 0 Å². The Balaban J connectivity index is 0. The van der Waals surface area contributed by atoms with E-state index in [0.29, 0.717) is 0 Å². The van der Waals surface area contributed by atoms with Gasteiger partial charge in [-0.15, -0.1) is 6.58 Å². The average Bonchev–Trinajstić information content (AvgIpc) is 1.83. The van der Waals surface area contributed by atoms with Crippen molar-refractivity contribution < 1.29 is 0 Å². The predicted molar refractivity (Wildman–Crippen MR) is 43.2 cm³/mol. The standard InChI is InChI=1S/C8H14.CH/c1-4-6-7-8(3)5-2;/h4H,1,3,5-7H2,2H3;1H. The number of rotatable bonds is 4. The molecule has 0 aromatic heterocycles. The van der Waals surface area contributed by atoms with E-state index in [9.17, 15) is 0 Å². The molecule has 0 nitrogen and oxygen atoms in total. The molecule has 0 spiro atoms. The van der Waals surface area contributed by atoms with Gasteiger partial charge in [-0.05, 0) is 26.7 Å². The molecule has 0 aromatic carbocycles. The predicted octanol–water partition coefficient (Wildman–Crippen LogP) is 3.12. The summed E-state index contributed by atoms with van der Waals surface area (Å²) in [7, 11) is 0. The van der Waals surface area contributed by atoms with Gasteiger partial charge in [0.1, 0.15) is 0 Å². The van der Waals surface area contributed by atoms with Crippen LogP contribution >= 0.6 is 0 Å². The summed E-state index contributed by atoms with van der Waals surface area (Å²) >= 11 is 0. The van der Waals surface area contributed by atoms with Crippen LogP contribution in [0.4, 0.5) is 0 Å². The van der Waals surface area contributed by atoms with Crippen molar-refractivity contribution in [3.8, 4) is 0 Å². The summed E-state index contributed by atoms with van der Waals surface area (Å²) in [5.41, 5.74) is 1.32. The highest BCUT2D eigenvalue weighted by atomic mass is 13.9. The molecule has 3 radical (unpaired) electrons. The van der Waals surface area contributed by atoms with Crippen LogP contribution in [0.25, 0.3) is 0 Å². The van der Waals surface area contributed by atoms with Gasteiger partial charge >= 0.3 is 0 Å². The number of allylic oxidation sites excluding steroid dienone is 2. The summed E-state index contributed by atoms with van der Waals surface area (Å²) < 4.78 is 0. The van der Waals surface area contributed by atoms with E-state index >= 15 is 0 Å². The minimum atomic E-state index is 0. The lowest BCUT2D eigenvalue weighted by Gasteiger charge is -1.95. The van der Waals surface area contributed by atoms with Gasteiger partial charge in [-0.2, -0.15) is 0 Å². The molecule has 0 fully saturated rings. The van der Waals surface area contributed by atoms with Crippen LogP contribution in [0.15, 0.2) is 24.8 Å². The van der Waals surface area contributed by atoms with Gasteiger partial charge in [-0.25, -0.2) is 0 Å². The van der Waals surface area contributed by atoms with Gasteiger partial charge in [0.05, 0.1) is 0 Å². The van der Waals surface area contributed by atoms with Gasteiger partial charge in [0.15, 0.2) is 0 Å². The van der Waals surface area contributed by atoms with Crippen LogP contribution in [0.1, 0.15) is 26.2 Å². The van der Waals surface area contributed by atoms with E-state index in [1.54, 1.807) is 0 Å². The molecule has 0 atom stereocenters. The molecule has 0 aliphatic rings. The second-order valence-corrected chi connectivity index (χ2v) is 1.93. The molecule has 0 rings (SSSR count). The molecule has 51 valence electrons. The average molecular weight is 123 g/mol. The van der Waals surface area contributed by atoms with Crippen molar-refractivity contribution in [3.63, 3.8) is 0 Å². The minimum absolute atomic E-state index is 0. The second-order valence-electron chi connectivity index (χ2n) is 1.93. The summed E-state index contributed by atoms with van der Waals surface area (Å²) in [6, 6.07) is 0. The summed E-state index contributed by atoms with van der Waals surface area (Å²) in [4.78, 5) is 0. The lowest BCUT2D eigenvalue weighted by Crippen LogP contribution is -1.74. The van der Waals surface area contributed by atoms with E-state index in [2.05, 4.69) is 20.1 Å². The van der Waals surface area contributed by atoms with Crippen molar-refractivity contribution in [1.29, 1.82) is 0 Å². The molecule has 0 heteroatoms. The Hall–Kier alpha value is -0.520. The molecule has 0 saturated carbocycles. The largest absolute Gasteiger partial charge is 0.103 e. The van der Waals surface area contributed by atoms with Crippen molar-refractivity contribution in [2.24, 2.45) is 0 Å². The zero-order chi connectivity index (χ0) is 6.41. The Morgan fingerprint density at radius 1 is 1.56 bits per heavy atom. The topological polar surface area (TPSA) is 0 Å².